The van der Waals surface area contributed by atoms with Gasteiger partial charge in [0.2, 0.25) is 5.92 Å². The first-order valence-corrected chi connectivity index (χ1v) is 16.2. The third-order valence-corrected chi connectivity index (χ3v) is 9.64. The van der Waals surface area contributed by atoms with E-state index >= 15 is 0 Å². The van der Waals surface area contributed by atoms with Gasteiger partial charge >= 0.3 is 12.3 Å². The molecule has 3 fully saturated rings. The fourth-order valence-corrected chi connectivity index (χ4v) is 6.72. The fraction of sp³-hybridized carbons (Fsp3) is 0.594. The first-order valence-electron chi connectivity index (χ1n) is 16.2. The zero-order chi connectivity index (χ0) is 35.9. The van der Waals surface area contributed by atoms with Crippen LogP contribution in [-0.4, -0.2) is 84.5 Å². The molecule has 18 heteroatoms. The van der Waals surface area contributed by atoms with Crippen molar-refractivity contribution in [3.63, 3.8) is 0 Å². The molecule has 6 rings (SSSR count). The Bertz CT molecular complexity index is 1670. The minimum absolute atomic E-state index is 0.0426. The number of imidazole rings is 1. The predicted molar refractivity (Wildman–Crippen MR) is 159 cm³/mol. The molecule has 2 aliphatic heterocycles. The van der Waals surface area contributed by atoms with Crippen LogP contribution >= 0.6 is 0 Å². The van der Waals surface area contributed by atoms with E-state index in [9.17, 15) is 45.4 Å². The van der Waals surface area contributed by atoms with E-state index in [2.05, 4.69) is 20.4 Å². The number of aliphatic hydroxyl groups is 1. The molecular formula is C32H35F7N6O5. The van der Waals surface area contributed by atoms with Crippen LogP contribution in [0.1, 0.15) is 80.4 Å². The van der Waals surface area contributed by atoms with E-state index in [0.717, 1.165) is 11.1 Å². The first kappa shape index (κ1) is 35.8. The number of halogens is 7. The van der Waals surface area contributed by atoms with E-state index < -0.39 is 105 Å². The number of alkyl halides is 7. The number of nitrogens with one attached hydrogen (secondary N) is 1. The molecule has 2 saturated heterocycles. The Hall–Kier alpha value is -4.06. The largest absolute Gasteiger partial charge is 0.445 e. The molecule has 1 aliphatic carbocycles. The van der Waals surface area contributed by atoms with Crippen LogP contribution in [0.5, 0.6) is 0 Å². The van der Waals surface area contributed by atoms with Gasteiger partial charge in [-0.25, -0.2) is 36.8 Å². The standard InChI is InChI=1S/C32H35F7N6O5/c33-30(34)9-6-20(7-10-30)25(43-28(47)49-17-19-4-2-1-3-5-19)22-16-45-27(42-22)41-21(15-40-45)23-14-29(48,32(37,38)39)12-13-44(23)26(46)24-8-11-31(35,36)18-50-24/h1-5,15-16,20,23-25,48H,6-14,17-18H2,(H,43,47)/t23?,24-,25-,29?/m0/s1. The van der Waals surface area contributed by atoms with Crippen LogP contribution in [0.15, 0.2) is 42.7 Å². The van der Waals surface area contributed by atoms with Crippen molar-refractivity contribution in [1.82, 2.24) is 29.8 Å². The number of aromatic nitrogens is 4. The van der Waals surface area contributed by atoms with Gasteiger partial charge in [-0.15, -0.1) is 0 Å². The summed E-state index contributed by atoms with van der Waals surface area (Å²) in [5, 5.41) is 17.6. The van der Waals surface area contributed by atoms with Crippen molar-refractivity contribution in [1.29, 1.82) is 0 Å². The number of alkyl carbamates (subject to hydrolysis) is 1. The number of amides is 2. The lowest BCUT2D eigenvalue weighted by atomic mass is 9.81. The maximum atomic E-state index is 14.1. The molecule has 3 aromatic rings. The van der Waals surface area contributed by atoms with Crippen molar-refractivity contribution in [2.45, 2.75) is 99.8 Å². The molecule has 2 N–H and O–H groups in total. The Morgan fingerprint density at radius 3 is 2.38 bits per heavy atom. The number of carbonyl (C=O) groups is 2. The molecule has 0 spiro atoms. The lowest BCUT2D eigenvalue weighted by molar-refractivity contribution is -0.278. The minimum atomic E-state index is -5.06. The van der Waals surface area contributed by atoms with Gasteiger partial charge < -0.3 is 24.8 Å². The highest BCUT2D eigenvalue weighted by atomic mass is 19.4. The summed E-state index contributed by atoms with van der Waals surface area (Å²) in [6.07, 6.45) is -8.37. The average Bonchev–Trinajstić information content (AvgIpc) is 3.49. The number of hydrogen-bond acceptors (Lipinski definition) is 8. The van der Waals surface area contributed by atoms with E-state index in [4.69, 9.17) is 9.47 Å². The number of nitrogens with zero attached hydrogens (tertiary/aromatic N) is 5. The van der Waals surface area contributed by atoms with Gasteiger partial charge in [0.05, 0.1) is 35.9 Å². The van der Waals surface area contributed by atoms with Crippen molar-refractivity contribution < 1.29 is 54.9 Å². The summed E-state index contributed by atoms with van der Waals surface area (Å²) in [4.78, 5) is 36.2. The molecule has 4 atom stereocenters. The van der Waals surface area contributed by atoms with Crippen molar-refractivity contribution in [3.05, 3.63) is 59.7 Å². The zero-order valence-electron chi connectivity index (χ0n) is 26.6. The smallest absolute Gasteiger partial charge is 0.417 e. The Labute approximate surface area is 281 Å². The van der Waals surface area contributed by atoms with Crippen LogP contribution in [0.4, 0.5) is 35.5 Å². The van der Waals surface area contributed by atoms with Crippen molar-refractivity contribution in [3.8, 4) is 0 Å². The summed E-state index contributed by atoms with van der Waals surface area (Å²) in [7, 11) is 0. The number of hydrogen-bond donors (Lipinski definition) is 2. The van der Waals surface area contributed by atoms with Crippen LogP contribution in [0, 0.1) is 5.92 Å². The molecule has 0 bridgehead atoms. The second-order valence-corrected chi connectivity index (χ2v) is 13.2. The summed E-state index contributed by atoms with van der Waals surface area (Å²) < 4.78 is 109. The molecule has 2 amide bonds. The summed E-state index contributed by atoms with van der Waals surface area (Å²) in [6, 6.07) is 6.42. The second kappa shape index (κ2) is 13.6. The molecule has 1 aromatic carbocycles. The number of piperidine rings is 1. The molecule has 0 radical (unpaired) electrons. The molecular weight excluding hydrogens is 681 g/mol. The predicted octanol–water partition coefficient (Wildman–Crippen LogP) is 5.69. The van der Waals surface area contributed by atoms with Gasteiger partial charge in [0.15, 0.2) is 5.60 Å². The van der Waals surface area contributed by atoms with Gasteiger partial charge in [0, 0.05) is 38.6 Å². The maximum Gasteiger partial charge on any atom is 0.417 e. The lowest BCUT2D eigenvalue weighted by Gasteiger charge is -2.45. The lowest BCUT2D eigenvalue weighted by Crippen LogP contribution is -2.57. The minimum Gasteiger partial charge on any atom is -0.445 e. The second-order valence-electron chi connectivity index (χ2n) is 13.2. The zero-order valence-corrected chi connectivity index (χ0v) is 26.6. The van der Waals surface area contributed by atoms with Crippen molar-refractivity contribution in [2.24, 2.45) is 5.92 Å². The van der Waals surface area contributed by atoms with Gasteiger partial charge in [-0.1, -0.05) is 30.3 Å². The first-order chi connectivity index (χ1) is 23.5. The Morgan fingerprint density at radius 2 is 1.72 bits per heavy atom. The highest BCUT2D eigenvalue weighted by Gasteiger charge is 2.58. The van der Waals surface area contributed by atoms with E-state index in [1.54, 1.807) is 30.3 Å². The molecule has 2 aromatic heterocycles. The quantitative estimate of drug-likeness (QED) is 0.299. The average molecular weight is 717 g/mol. The van der Waals surface area contributed by atoms with Gasteiger partial charge in [-0.3, -0.25) is 4.79 Å². The number of fused-ring (bicyclic) bond motifs is 1. The highest BCUT2D eigenvalue weighted by molar-refractivity contribution is 5.81. The number of benzene rings is 1. The summed E-state index contributed by atoms with van der Waals surface area (Å²) in [5.41, 5.74) is -2.48. The van der Waals surface area contributed by atoms with Crippen molar-refractivity contribution in [2.75, 3.05) is 13.2 Å². The molecule has 3 aliphatic rings. The van der Waals surface area contributed by atoms with Gasteiger partial charge in [-0.2, -0.15) is 18.3 Å². The molecule has 50 heavy (non-hydrogen) atoms. The SMILES string of the molecule is O=C(N[C@H](c1cn2ncc(C3CC(O)(C(F)(F)F)CCN3C(=O)[C@@H]3CCC(F)(F)CO3)nc2n1)C1CCC(F)(F)CC1)OCc1ccccc1. The Balaban J connectivity index is 1.28. The van der Waals surface area contributed by atoms with Crippen LogP contribution in [0.25, 0.3) is 5.78 Å². The maximum absolute atomic E-state index is 14.1. The van der Waals surface area contributed by atoms with E-state index in [1.807, 2.05) is 0 Å². The summed E-state index contributed by atoms with van der Waals surface area (Å²) in [5.74, 6) is -7.47. The Kier molecular flexibility index (Phi) is 9.71. The van der Waals surface area contributed by atoms with Gasteiger partial charge in [0.1, 0.15) is 19.3 Å². The third kappa shape index (κ3) is 7.80. The number of carbonyl (C=O) groups excluding carboxylic acids is 2. The number of likely N-dealkylation sites (tertiary alicyclic amines) is 1. The molecule has 2 unspecified atom stereocenters. The summed E-state index contributed by atoms with van der Waals surface area (Å²) in [6.45, 7) is -1.66. The van der Waals surface area contributed by atoms with Crippen LogP contribution in [-0.2, 0) is 20.9 Å². The molecule has 4 heterocycles. The number of ether oxygens (including phenoxy) is 2. The van der Waals surface area contributed by atoms with Gasteiger partial charge in [0.25, 0.3) is 17.6 Å². The van der Waals surface area contributed by atoms with Crippen molar-refractivity contribution >= 4 is 17.8 Å². The highest BCUT2D eigenvalue weighted by Crippen LogP contribution is 2.46. The van der Waals surface area contributed by atoms with Crippen LogP contribution in [0.2, 0.25) is 0 Å². The monoisotopic (exact) mass is 716 g/mol. The molecule has 1 saturated carbocycles. The topological polar surface area (TPSA) is 131 Å². The fourth-order valence-electron chi connectivity index (χ4n) is 6.72. The van der Waals surface area contributed by atoms with E-state index in [0.29, 0.717) is 5.56 Å². The van der Waals surface area contributed by atoms with E-state index in [-0.39, 0.29) is 43.0 Å². The normalized spacial score (nSPS) is 26.4. The third-order valence-electron chi connectivity index (χ3n) is 9.64. The van der Waals surface area contributed by atoms with Gasteiger partial charge in [-0.05, 0) is 30.7 Å². The van der Waals surface area contributed by atoms with E-state index in [1.165, 1.54) is 10.7 Å². The number of rotatable bonds is 7. The molecule has 11 nitrogen and oxygen atoms in total. The van der Waals surface area contributed by atoms with Crippen LogP contribution < -0.4 is 5.32 Å². The summed E-state index contributed by atoms with van der Waals surface area (Å²) >= 11 is 0. The molecule has 272 valence electrons. The Morgan fingerprint density at radius 1 is 1.02 bits per heavy atom. The van der Waals surface area contributed by atoms with Crippen LogP contribution in [0.3, 0.4) is 0 Å².